The predicted molar refractivity (Wildman–Crippen MR) is 197 cm³/mol. The number of aryl methyl sites for hydroxylation is 1. The van der Waals surface area contributed by atoms with Gasteiger partial charge >= 0.3 is 0 Å². The van der Waals surface area contributed by atoms with Crippen molar-refractivity contribution >= 4 is 69.1 Å². The largest absolute Gasteiger partial charge is 0.506 e. The minimum Gasteiger partial charge on any atom is -0.506 e. The van der Waals surface area contributed by atoms with Crippen LogP contribution in [0.1, 0.15) is 54.2 Å². The molecule has 1 aliphatic rings. The summed E-state index contributed by atoms with van der Waals surface area (Å²) < 4.78 is 5.34. The summed E-state index contributed by atoms with van der Waals surface area (Å²) in [5.74, 6) is -0.207. The molecule has 1 amide bonds. The number of thiophene rings is 2. The fourth-order valence-electron chi connectivity index (χ4n) is 5.35. The van der Waals surface area contributed by atoms with Gasteiger partial charge in [0.15, 0.2) is 11.6 Å². The van der Waals surface area contributed by atoms with Gasteiger partial charge in [0.1, 0.15) is 12.3 Å². The van der Waals surface area contributed by atoms with Gasteiger partial charge in [-0.25, -0.2) is 0 Å². The number of hydrogen-bond acceptors (Lipinski definition) is 10. The number of nitrogens with zero attached hydrogens (tertiary/aromatic N) is 3. The van der Waals surface area contributed by atoms with Gasteiger partial charge in [0.25, 0.3) is 5.91 Å². The first-order valence-corrected chi connectivity index (χ1v) is 18.3. The lowest BCUT2D eigenvalue weighted by Crippen LogP contribution is -2.49. The molecule has 0 saturated carbocycles. The van der Waals surface area contributed by atoms with Gasteiger partial charge in [0.2, 0.25) is 0 Å². The molecule has 3 heterocycles. The third-order valence-electron chi connectivity index (χ3n) is 8.24. The summed E-state index contributed by atoms with van der Waals surface area (Å²) in [6.45, 7) is 6.17. The van der Waals surface area contributed by atoms with Gasteiger partial charge in [-0.2, -0.15) is 0 Å². The van der Waals surface area contributed by atoms with Crippen molar-refractivity contribution < 1.29 is 29.3 Å². The zero-order chi connectivity index (χ0) is 34.9. The zero-order valence-corrected chi connectivity index (χ0v) is 30.1. The number of ketones is 2. The van der Waals surface area contributed by atoms with Gasteiger partial charge in [-0.05, 0) is 60.9 Å². The molecule has 0 radical (unpaired) electrons. The monoisotopic (exact) mass is 741 g/mol. The van der Waals surface area contributed by atoms with Crippen LogP contribution in [-0.2, 0) is 11.2 Å². The average Bonchev–Trinajstić information content (AvgIpc) is 3.77. The van der Waals surface area contributed by atoms with Crippen LogP contribution >= 0.6 is 45.9 Å². The van der Waals surface area contributed by atoms with E-state index in [9.17, 15) is 19.5 Å². The lowest BCUT2D eigenvalue weighted by Gasteiger charge is -2.34. The first-order valence-electron chi connectivity index (χ1n) is 15.9. The fourth-order valence-corrected chi connectivity index (χ4v) is 7.56. The zero-order valence-electron chi connectivity index (χ0n) is 27.0. The van der Waals surface area contributed by atoms with Crippen LogP contribution in [0.3, 0.4) is 0 Å². The Kier molecular flexibility index (Phi) is 13.2. The molecule has 1 aliphatic heterocycles. The fraction of sp³-hybridized carbons (Fsp3) is 0.333. The topological polar surface area (TPSA) is 120 Å². The molecule has 2 aromatic heterocycles. The lowest BCUT2D eigenvalue weighted by atomic mass is 10.0. The number of aliphatic hydroxyl groups is 1. The molecule has 2 aromatic carbocycles. The smallest absolute Gasteiger partial charge is 0.253 e. The average molecular weight is 743 g/mol. The van der Waals surface area contributed by atoms with Gasteiger partial charge < -0.3 is 19.8 Å². The van der Waals surface area contributed by atoms with Crippen LogP contribution in [-0.4, -0.2) is 102 Å². The van der Waals surface area contributed by atoms with E-state index in [1.807, 2.05) is 29.2 Å². The summed E-state index contributed by atoms with van der Waals surface area (Å²) in [4.78, 5) is 49.0. The molecule has 1 saturated heterocycles. The molecule has 1 fully saturated rings. The van der Waals surface area contributed by atoms with E-state index in [1.54, 1.807) is 42.6 Å². The number of carbonyl (C=O) groups excluding carboxylic acids is 3. The molecule has 4 aromatic rings. The number of benzene rings is 2. The highest BCUT2D eigenvalue weighted by atomic mass is 35.5. The van der Waals surface area contributed by atoms with Crippen LogP contribution in [0.25, 0.3) is 10.4 Å². The highest BCUT2D eigenvalue weighted by Crippen LogP contribution is 2.40. The molecule has 0 aliphatic carbocycles. The number of halogens is 2. The van der Waals surface area contributed by atoms with Crippen molar-refractivity contribution in [3.63, 3.8) is 0 Å². The molecule has 13 heteroatoms. The Morgan fingerprint density at radius 3 is 2.33 bits per heavy atom. The van der Waals surface area contributed by atoms with Gasteiger partial charge in [0.05, 0.1) is 44.5 Å². The molecule has 0 atom stereocenters. The number of ether oxygens (including phenoxy) is 1. The minimum atomic E-state index is -0.212. The van der Waals surface area contributed by atoms with Crippen molar-refractivity contribution in [1.29, 1.82) is 0 Å². The highest BCUT2D eigenvalue weighted by molar-refractivity contribution is 7.16. The van der Waals surface area contributed by atoms with Crippen LogP contribution < -0.4 is 0 Å². The number of aliphatic hydroxyl groups excluding tert-OH is 1. The van der Waals surface area contributed by atoms with Crippen LogP contribution in [0, 0.1) is 0 Å². The lowest BCUT2D eigenvalue weighted by molar-refractivity contribution is 0.0486. The van der Waals surface area contributed by atoms with Crippen molar-refractivity contribution in [3.05, 3.63) is 96.5 Å². The Balaban J connectivity index is 1.08. The van der Waals surface area contributed by atoms with E-state index in [2.05, 4.69) is 9.89 Å². The van der Waals surface area contributed by atoms with Crippen molar-refractivity contribution in [2.45, 2.75) is 19.8 Å². The number of carbonyl (C=O) groups is 3. The number of Topliss-reactive ketones (excluding diaryl/α,β-unsaturated/α-hetero) is 2. The maximum Gasteiger partial charge on any atom is 0.253 e. The third kappa shape index (κ3) is 9.64. The van der Waals surface area contributed by atoms with E-state index in [0.717, 1.165) is 42.1 Å². The van der Waals surface area contributed by atoms with Crippen LogP contribution in [0.4, 0.5) is 0 Å². The van der Waals surface area contributed by atoms with E-state index in [-0.39, 0.29) is 42.8 Å². The molecule has 258 valence electrons. The Morgan fingerprint density at radius 1 is 0.918 bits per heavy atom. The van der Waals surface area contributed by atoms with Crippen LogP contribution in [0.2, 0.25) is 10.0 Å². The first kappa shape index (κ1) is 36.9. The van der Waals surface area contributed by atoms with E-state index in [0.29, 0.717) is 74.2 Å². The van der Waals surface area contributed by atoms with Gasteiger partial charge in [-0.15, -0.1) is 22.7 Å². The summed E-state index contributed by atoms with van der Waals surface area (Å²) >= 11 is 14.7. The van der Waals surface area contributed by atoms with E-state index in [1.165, 1.54) is 11.3 Å². The maximum atomic E-state index is 13.0. The van der Waals surface area contributed by atoms with Crippen LogP contribution in [0.15, 0.2) is 65.0 Å². The summed E-state index contributed by atoms with van der Waals surface area (Å²) in [6, 6.07) is 15.9. The Labute approximate surface area is 303 Å². The second-order valence-electron chi connectivity index (χ2n) is 11.5. The van der Waals surface area contributed by atoms with E-state index >= 15 is 0 Å². The van der Waals surface area contributed by atoms with Gasteiger partial charge in [-0.1, -0.05) is 41.4 Å². The van der Waals surface area contributed by atoms with E-state index < -0.39 is 0 Å². The predicted octanol–water partition coefficient (Wildman–Crippen LogP) is 6.76. The summed E-state index contributed by atoms with van der Waals surface area (Å²) in [5.41, 5.74) is 3.36. The number of hydrogen-bond donors (Lipinski definition) is 2. The molecule has 49 heavy (non-hydrogen) atoms. The highest BCUT2D eigenvalue weighted by Gasteiger charge is 2.22. The van der Waals surface area contributed by atoms with Crippen molar-refractivity contribution in [1.82, 2.24) is 9.80 Å². The first-order chi connectivity index (χ1) is 23.6. The molecule has 0 bridgehead atoms. The summed E-state index contributed by atoms with van der Waals surface area (Å²) in [5, 5.41) is 22.2. The third-order valence-corrected chi connectivity index (χ3v) is 11.2. The van der Waals surface area contributed by atoms with Crippen LogP contribution in [0.5, 0.6) is 5.75 Å². The molecule has 0 spiro atoms. The molecule has 2 N–H and O–H groups in total. The molecular weight excluding hydrogens is 705 g/mol. The number of piperazine rings is 1. The van der Waals surface area contributed by atoms with Crippen molar-refractivity contribution in [3.8, 4) is 16.2 Å². The molecule has 9 nitrogen and oxygen atoms in total. The Morgan fingerprint density at radius 2 is 1.63 bits per heavy atom. The molecule has 5 rings (SSSR count). The standard InChI is InChI=1S/C36H37Cl2N3O6S2/c1-23(27-22-48-35(34(27)45)26-7-8-28(37)29(38)20-26)39-21-31(44)33-11-10-32(49-33)30(43)9-4-24-2-5-25(6-3-24)36(46)41-14-12-40(13-15-41)16-18-47-19-17-42/h2-3,5-8,10-11,20,22,42,45H,4,9,12-19,21H2,1H3. The number of rotatable bonds is 15. The minimum absolute atomic E-state index is 0.00529. The Hall–Kier alpha value is -3.42. The SMILES string of the molecule is CC(=NCC(=O)c1ccc(C(=O)CCc2ccc(C(=O)N3CCN(CCOCCO)CC3)cc2)s1)c1csc(-c2ccc(Cl)c(Cl)c2)c1O. The van der Waals surface area contributed by atoms with Crippen molar-refractivity contribution in [2.75, 3.05) is 59.1 Å². The molecular formula is C36H37Cl2N3O6S2. The summed E-state index contributed by atoms with van der Waals surface area (Å²) in [6.07, 6.45) is 0.796. The number of aromatic hydroxyl groups is 1. The maximum absolute atomic E-state index is 13.0. The van der Waals surface area contributed by atoms with Crippen molar-refractivity contribution in [2.24, 2.45) is 4.99 Å². The normalized spacial score (nSPS) is 14.0. The summed E-state index contributed by atoms with van der Waals surface area (Å²) in [7, 11) is 0. The quantitative estimate of drug-likeness (QED) is 0.0785. The van der Waals surface area contributed by atoms with Gasteiger partial charge in [0, 0.05) is 61.4 Å². The van der Waals surface area contributed by atoms with Gasteiger partial charge in [-0.3, -0.25) is 24.3 Å². The molecule has 0 unspecified atom stereocenters. The Bertz CT molecular complexity index is 1810. The number of amides is 1. The second kappa shape index (κ2) is 17.5. The second-order valence-corrected chi connectivity index (χ2v) is 14.3. The van der Waals surface area contributed by atoms with E-state index in [4.69, 9.17) is 33.0 Å². The number of aliphatic imine (C=N–C) groups is 1.